The zero-order valence-electron chi connectivity index (χ0n) is 20.6. The molecule has 0 saturated carbocycles. The van der Waals surface area contributed by atoms with Gasteiger partial charge in [0.05, 0.1) is 24.5 Å². The molecule has 0 aliphatic rings. The predicted octanol–water partition coefficient (Wildman–Crippen LogP) is 6.39. The Labute approximate surface area is 226 Å². The van der Waals surface area contributed by atoms with Gasteiger partial charge in [0.25, 0.3) is 0 Å². The lowest BCUT2D eigenvalue weighted by Crippen LogP contribution is -2.27. The maximum absolute atomic E-state index is 13.0. The Bertz CT molecular complexity index is 1430. The molecule has 0 saturated heterocycles. The molecule has 3 N–H and O–H groups in total. The molecule has 0 aliphatic carbocycles. The van der Waals surface area contributed by atoms with Crippen LogP contribution >= 0.6 is 11.3 Å². The van der Waals surface area contributed by atoms with Crippen molar-refractivity contribution in [1.29, 1.82) is 0 Å². The molecule has 5 aromatic rings. The summed E-state index contributed by atoms with van der Waals surface area (Å²) in [5, 5.41) is 20.4. The third-order valence-corrected chi connectivity index (χ3v) is 7.20. The summed E-state index contributed by atoms with van der Waals surface area (Å²) in [7, 11) is 0. The number of rotatable bonds is 10. The Hall–Kier alpha value is -4.33. The van der Waals surface area contributed by atoms with E-state index in [1.54, 1.807) is 23.7 Å². The van der Waals surface area contributed by atoms with Crippen LogP contribution < -0.4 is 10.6 Å². The first-order valence-electron chi connectivity index (χ1n) is 12.4. The molecule has 38 heavy (non-hydrogen) atoms. The number of amides is 1. The van der Waals surface area contributed by atoms with Crippen molar-refractivity contribution in [1.82, 2.24) is 9.97 Å². The number of nitrogens with one attached hydrogen (secondary N) is 2. The van der Waals surface area contributed by atoms with Crippen LogP contribution in [-0.4, -0.2) is 21.0 Å². The lowest BCUT2D eigenvalue weighted by Gasteiger charge is -2.33. The van der Waals surface area contributed by atoms with Crippen molar-refractivity contribution in [3.05, 3.63) is 143 Å². The van der Waals surface area contributed by atoms with Crippen LogP contribution in [0.25, 0.3) is 0 Å². The molecule has 190 valence electrons. The Morgan fingerprint density at radius 3 is 2.26 bits per heavy atom. The molecule has 3 heterocycles. The van der Waals surface area contributed by atoms with Crippen LogP contribution in [0, 0.1) is 0 Å². The summed E-state index contributed by atoms with van der Waals surface area (Å²) in [6, 6.07) is 32.0. The van der Waals surface area contributed by atoms with Crippen molar-refractivity contribution < 1.29 is 9.90 Å². The molecule has 0 unspecified atom stereocenters. The molecule has 6 nitrogen and oxygen atoms in total. The van der Waals surface area contributed by atoms with Gasteiger partial charge in [-0.1, -0.05) is 66.7 Å². The SMILES string of the molecule is O=C(Cc1cccs1)Nc1ccccc1[C@@H](Nc1ccccn1)[C@H](c1ccccn1)[C@H](O)c1ccccc1. The molecule has 0 aliphatic heterocycles. The lowest BCUT2D eigenvalue weighted by atomic mass is 9.82. The average Bonchev–Trinajstić information content (AvgIpc) is 3.47. The number of hydrogen-bond acceptors (Lipinski definition) is 6. The summed E-state index contributed by atoms with van der Waals surface area (Å²) in [5.41, 5.74) is 2.99. The smallest absolute Gasteiger partial charge is 0.229 e. The Balaban J connectivity index is 1.58. The quantitative estimate of drug-likeness (QED) is 0.199. The number of pyridine rings is 2. The van der Waals surface area contributed by atoms with Gasteiger partial charge in [0.2, 0.25) is 5.91 Å². The molecule has 2 aromatic carbocycles. The number of para-hydroxylation sites is 1. The number of aromatic nitrogens is 2. The van der Waals surface area contributed by atoms with E-state index in [4.69, 9.17) is 0 Å². The van der Waals surface area contributed by atoms with Crippen LogP contribution in [0.5, 0.6) is 0 Å². The standard InChI is InChI=1S/C31H28N4O2S/c36-28(21-23-13-10-20-38-23)34-25-15-5-4-14-24(25)30(35-27-17-7-9-19-33-27)29(26-16-6-8-18-32-26)31(37)22-11-2-1-3-12-22/h1-20,29-31,37H,21H2,(H,33,35)(H,34,36)/t29-,30+,31+/m0/s1. The average molecular weight is 521 g/mol. The third kappa shape index (κ3) is 6.14. The summed E-state index contributed by atoms with van der Waals surface area (Å²) in [6.45, 7) is 0. The zero-order chi connectivity index (χ0) is 26.2. The van der Waals surface area contributed by atoms with E-state index in [2.05, 4.69) is 20.6 Å². The highest BCUT2D eigenvalue weighted by Gasteiger charge is 2.35. The molecule has 3 aromatic heterocycles. The van der Waals surface area contributed by atoms with Gasteiger partial charge in [-0.25, -0.2) is 4.98 Å². The lowest BCUT2D eigenvalue weighted by molar-refractivity contribution is -0.115. The Kier molecular flexibility index (Phi) is 8.18. The fourth-order valence-corrected chi connectivity index (χ4v) is 5.27. The van der Waals surface area contributed by atoms with Gasteiger partial charge in [-0.15, -0.1) is 11.3 Å². The Morgan fingerprint density at radius 2 is 1.55 bits per heavy atom. The predicted molar refractivity (Wildman–Crippen MR) is 152 cm³/mol. The van der Waals surface area contributed by atoms with E-state index in [0.717, 1.165) is 21.7 Å². The molecule has 0 spiro atoms. The van der Waals surface area contributed by atoms with E-state index in [-0.39, 0.29) is 5.91 Å². The number of carbonyl (C=O) groups is 1. The monoisotopic (exact) mass is 520 g/mol. The summed E-state index contributed by atoms with van der Waals surface area (Å²) in [5.74, 6) is 0.0452. The Morgan fingerprint density at radius 1 is 0.816 bits per heavy atom. The van der Waals surface area contributed by atoms with Gasteiger partial charge in [0.1, 0.15) is 5.82 Å². The minimum atomic E-state index is -0.887. The second-order valence-corrected chi connectivity index (χ2v) is 9.90. The number of aliphatic hydroxyl groups excluding tert-OH is 1. The molecule has 0 radical (unpaired) electrons. The highest BCUT2D eigenvalue weighted by molar-refractivity contribution is 7.10. The van der Waals surface area contributed by atoms with Crippen LogP contribution in [0.4, 0.5) is 11.5 Å². The van der Waals surface area contributed by atoms with Crippen LogP contribution in [0.3, 0.4) is 0 Å². The topological polar surface area (TPSA) is 87.1 Å². The summed E-state index contributed by atoms with van der Waals surface area (Å²) in [4.78, 5) is 23.1. The first kappa shape index (κ1) is 25.3. The second kappa shape index (κ2) is 12.3. The molecule has 5 rings (SSSR count). The maximum atomic E-state index is 13.0. The zero-order valence-corrected chi connectivity index (χ0v) is 21.5. The maximum Gasteiger partial charge on any atom is 0.229 e. The van der Waals surface area contributed by atoms with Crippen molar-refractivity contribution in [2.75, 3.05) is 10.6 Å². The van der Waals surface area contributed by atoms with Crippen molar-refractivity contribution in [2.45, 2.75) is 24.5 Å². The van der Waals surface area contributed by atoms with Gasteiger partial charge in [-0.3, -0.25) is 9.78 Å². The summed E-state index contributed by atoms with van der Waals surface area (Å²) in [6.07, 6.45) is 2.85. The van der Waals surface area contributed by atoms with Crippen molar-refractivity contribution in [3.8, 4) is 0 Å². The van der Waals surface area contributed by atoms with E-state index < -0.39 is 18.1 Å². The number of aliphatic hydroxyl groups is 1. The first-order chi connectivity index (χ1) is 18.7. The molecule has 3 atom stereocenters. The van der Waals surface area contributed by atoms with Crippen molar-refractivity contribution >= 4 is 28.7 Å². The number of carbonyl (C=O) groups excluding carboxylic acids is 1. The van der Waals surface area contributed by atoms with E-state index in [9.17, 15) is 9.90 Å². The number of hydrogen-bond donors (Lipinski definition) is 3. The van der Waals surface area contributed by atoms with E-state index in [1.807, 2.05) is 109 Å². The van der Waals surface area contributed by atoms with Crippen molar-refractivity contribution in [3.63, 3.8) is 0 Å². The fourth-order valence-electron chi connectivity index (χ4n) is 4.56. The molecular weight excluding hydrogens is 492 g/mol. The largest absolute Gasteiger partial charge is 0.388 e. The minimum Gasteiger partial charge on any atom is -0.388 e. The fraction of sp³-hybridized carbons (Fsp3) is 0.129. The number of benzene rings is 2. The van der Waals surface area contributed by atoms with Gasteiger partial charge in [0.15, 0.2) is 0 Å². The van der Waals surface area contributed by atoms with Crippen LogP contribution in [0.1, 0.15) is 39.8 Å². The van der Waals surface area contributed by atoms with Gasteiger partial charge in [-0.2, -0.15) is 0 Å². The minimum absolute atomic E-state index is 0.102. The van der Waals surface area contributed by atoms with Crippen LogP contribution in [-0.2, 0) is 11.2 Å². The molecule has 0 bridgehead atoms. The number of nitrogens with zero attached hydrogens (tertiary/aromatic N) is 2. The van der Waals surface area contributed by atoms with Crippen molar-refractivity contribution in [2.24, 2.45) is 0 Å². The third-order valence-electron chi connectivity index (χ3n) is 6.32. The number of anilines is 2. The molecular formula is C31H28N4O2S. The van der Waals surface area contributed by atoms with E-state index in [1.165, 1.54) is 0 Å². The van der Waals surface area contributed by atoms with Crippen LogP contribution in [0.15, 0.2) is 121 Å². The number of thiophene rings is 1. The molecule has 0 fully saturated rings. The van der Waals surface area contributed by atoms with E-state index in [0.29, 0.717) is 17.9 Å². The normalized spacial score (nSPS) is 13.3. The molecule has 7 heteroatoms. The van der Waals surface area contributed by atoms with Gasteiger partial charge < -0.3 is 15.7 Å². The van der Waals surface area contributed by atoms with E-state index >= 15 is 0 Å². The van der Waals surface area contributed by atoms with Crippen LogP contribution in [0.2, 0.25) is 0 Å². The summed E-state index contributed by atoms with van der Waals surface area (Å²) < 4.78 is 0. The van der Waals surface area contributed by atoms with Gasteiger partial charge in [-0.05, 0) is 52.9 Å². The molecule has 1 amide bonds. The van der Waals surface area contributed by atoms with Gasteiger partial charge in [0, 0.05) is 28.7 Å². The summed E-state index contributed by atoms with van der Waals surface area (Å²) >= 11 is 1.56. The highest BCUT2D eigenvalue weighted by Crippen LogP contribution is 2.43. The second-order valence-electron chi connectivity index (χ2n) is 8.86. The highest BCUT2D eigenvalue weighted by atomic mass is 32.1. The van der Waals surface area contributed by atoms with Gasteiger partial charge >= 0.3 is 0 Å². The first-order valence-corrected chi connectivity index (χ1v) is 13.3.